The summed E-state index contributed by atoms with van der Waals surface area (Å²) in [5, 5.41) is 9.38. The second kappa shape index (κ2) is 23.5. The average molecular weight is 512 g/mol. The number of aliphatic hydroxyl groups excluding tert-OH is 1. The summed E-state index contributed by atoms with van der Waals surface area (Å²) in [6, 6.07) is 0.544. The Kier molecular flexibility index (Phi) is 21.8. The number of carbonyl (C=O) groups excluding carboxylic acids is 1. The Hall–Kier alpha value is -0.650. The van der Waals surface area contributed by atoms with E-state index in [0.717, 1.165) is 45.2 Å². The minimum absolute atomic E-state index is 0.0139. The second-order valence-electron chi connectivity index (χ2n) is 11.2. The number of nitrogens with zero attached hydrogens (tertiary/aromatic N) is 1. The van der Waals surface area contributed by atoms with Crippen molar-refractivity contribution in [1.82, 2.24) is 4.90 Å². The molecular formula is C31H61NO4. The lowest BCUT2D eigenvalue weighted by molar-refractivity contribution is -0.145. The zero-order chi connectivity index (χ0) is 26.3. The van der Waals surface area contributed by atoms with Crippen molar-refractivity contribution in [2.75, 3.05) is 33.4 Å². The van der Waals surface area contributed by atoms with Crippen LogP contribution in [0.4, 0.5) is 0 Å². The van der Waals surface area contributed by atoms with Gasteiger partial charge in [0.1, 0.15) is 0 Å². The van der Waals surface area contributed by atoms with Gasteiger partial charge < -0.3 is 14.6 Å². The molecule has 0 aromatic rings. The molecule has 0 unspecified atom stereocenters. The molecule has 0 aromatic carbocycles. The van der Waals surface area contributed by atoms with Crippen molar-refractivity contribution in [1.29, 1.82) is 0 Å². The highest BCUT2D eigenvalue weighted by Crippen LogP contribution is 2.28. The maximum atomic E-state index is 12.4. The van der Waals surface area contributed by atoms with Gasteiger partial charge in [0.25, 0.3) is 0 Å². The number of aliphatic hydroxyl groups is 1. The van der Waals surface area contributed by atoms with E-state index >= 15 is 0 Å². The fraction of sp³-hybridized carbons (Fsp3) is 0.968. The minimum atomic E-state index is -0.0139. The summed E-state index contributed by atoms with van der Waals surface area (Å²) >= 11 is 0. The zero-order valence-electron chi connectivity index (χ0n) is 24.3. The van der Waals surface area contributed by atoms with Gasteiger partial charge in [-0.15, -0.1) is 0 Å². The molecule has 0 aromatic heterocycles. The van der Waals surface area contributed by atoms with Crippen LogP contribution in [0.5, 0.6) is 0 Å². The van der Waals surface area contributed by atoms with Crippen molar-refractivity contribution in [3.63, 3.8) is 0 Å². The van der Waals surface area contributed by atoms with Crippen LogP contribution >= 0.6 is 0 Å². The summed E-state index contributed by atoms with van der Waals surface area (Å²) in [6.07, 6.45) is 24.4. The van der Waals surface area contributed by atoms with E-state index in [1.165, 1.54) is 89.9 Å². The summed E-state index contributed by atoms with van der Waals surface area (Å²) in [6.45, 7) is 7.10. The molecule has 0 aliphatic heterocycles. The first-order valence-electron chi connectivity index (χ1n) is 15.7. The molecule has 1 N–H and O–H groups in total. The van der Waals surface area contributed by atoms with E-state index in [1.807, 2.05) is 0 Å². The maximum Gasteiger partial charge on any atom is 0.305 e. The fourth-order valence-corrected chi connectivity index (χ4v) is 5.42. The fourth-order valence-electron chi connectivity index (χ4n) is 5.42. The van der Waals surface area contributed by atoms with Gasteiger partial charge in [-0.05, 0) is 51.0 Å². The molecule has 5 heteroatoms. The maximum absolute atomic E-state index is 12.4. The Morgan fingerprint density at radius 1 is 0.806 bits per heavy atom. The smallest absolute Gasteiger partial charge is 0.305 e. The highest BCUT2D eigenvalue weighted by molar-refractivity contribution is 5.69. The van der Waals surface area contributed by atoms with Gasteiger partial charge in [-0.25, -0.2) is 0 Å². The van der Waals surface area contributed by atoms with Crippen molar-refractivity contribution in [2.45, 2.75) is 154 Å². The lowest BCUT2D eigenvalue weighted by atomic mass is 9.87. The Bertz CT molecular complexity index is 479. The first-order chi connectivity index (χ1) is 17.6. The standard InChI is InChI=1S/C31H61NO4/c1-4-6-8-10-12-15-19-28(20-16-13-11-9-7-5-2)27-36-31(34)21-17-14-18-22-32(23-24-33)29-25-30(26-29)35-3/h28-30,33H,4-27H2,1-3H3. The molecule has 0 atom stereocenters. The molecule has 5 nitrogen and oxygen atoms in total. The number of rotatable bonds is 26. The number of ether oxygens (including phenoxy) is 2. The highest BCUT2D eigenvalue weighted by Gasteiger charge is 2.33. The van der Waals surface area contributed by atoms with Crippen LogP contribution in [0.25, 0.3) is 0 Å². The van der Waals surface area contributed by atoms with Gasteiger partial charge in [-0.3, -0.25) is 9.69 Å². The third-order valence-electron chi connectivity index (χ3n) is 8.04. The molecule has 0 radical (unpaired) electrons. The summed E-state index contributed by atoms with van der Waals surface area (Å²) < 4.78 is 11.2. The van der Waals surface area contributed by atoms with Crippen LogP contribution in [-0.4, -0.2) is 61.5 Å². The van der Waals surface area contributed by atoms with Gasteiger partial charge >= 0.3 is 5.97 Å². The molecule has 1 fully saturated rings. The third kappa shape index (κ3) is 17.0. The number of carbonyl (C=O) groups is 1. The van der Waals surface area contributed by atoms with Crippen LogP contribution in [0, 0.1) is 5.92 Å². The first kappa shape index (κ1) is 33.4. The molecule has 1 saturated carbocycles. The van der Waals surface area contributed by atoms with Crippen LogP contribution < -0.4 is 0 Å². The predicted octanol–water partition coefficient (Wildman–Crippen LogP) is 7.68. The van der Waals surface area contributed by atoms with Gasteiger partial charge in [-0.2, -0.15) is 0 Å². The van der Waals surface area contributed by atoms with E-state index in [1.54, 1.807) is 7.11 Å². The highest BCUT2D eigenvalue weighted by atomic mass is 16.5. The van der Waals surface area contributed by atoms with Gasteiger partial charge in [0, 0.05) is 26.1 Å². The molecule has 1 aliphatic rings. The monoisotopic (exact) mass is 511 g/mol. The van der Waals surface area contributed by atoms with E-state index < -0.39 is 0 Å². The number of methoxy groups -OCH3 is 1. The Morgan fingerprint density at radius 3 is 1.92 bits per heavy atom. The van der Waals surface area contributed by atoms with Crippen molar-refractivity contribution in [3.8, 4) is 0 Å². The van der Waals surface area contributed by atoms with Crippen molar-refractivity contribution in [2.24, 2.45) is 5.92 Å². The van der Waals surface area contributed by atoms with Crippen LogP contribution in [-0.2, 0) is 14.3 Å². The Labute approximate surface area is 224 Å². The van der Waals surface area contributed by atoms with Gasteiger partial charge in [0.2, 0.25) is 0 Å². The SMILES string of the molecule is CCCCCCCCC(CCCCCCCC)COC(=O)CCCCCN(CCO)C1CC(OC)C1. The molecule has 0 bridgehead atoms. The molecule has 0 spiro atoms. The van der Waals surface area contributed by atoms with Gasteiger partial charge in [0.05, 0.1) is 19.3 Å². The Morgan fingerprint density at radius 2 is 1.36 bits per heavy atom. The lowest BCUT2D eigenvalue weighted by Gasteiger charge is -2.42. The molecule has 0 amide bonds. The second-order valence-corrected chi connectivity index (χ2v) is 11.2. The van der Waals surface area contributed by atoms with E-state index in [4.69, 9.17) is 9.47 Å². The molecular weight excluding hydrogens is 450 g/mol. The molecule has 214 valence electrons. The van der Waals surface area contributed by atoms with Crippen LogP contribution in [0.1, 0.15) is 142 Å². The van der Waals surface area contributed by atoms with Gasteiger partial charge in [-0.1, -0.05) is 97.3 Å². The van der Waals surface area contributed by atoms with E-state index in [9.17, 15) is 9.90 Å². The van der Waals surface area contributed by atoms with Crippen LogP contribution in [0.2, 0.25) is 0 Å². The molecule has 1 rings (SSSR count). The summed E-state index contributed by atoms with van der Waals surface area (Å²) in [5.74, 6) is 0.525. The molecule has 1 aliphatic carbocycles. The topological polar surface area (TPSA) is 59.0 Å². The quantitative estimate of drug-likeness (QED) is 0.0953. The third-order valence-corrected chi connectivity index (χ3v) is 8.04. The molecule has 36 heavy (non-hydrogen) atoms. The molecule has 0 heterocycles. The largest absolute Gasteiger partial charge is 0.465 e. The number of hydrogen-bond donors (Lipinski definition) is 1. The number of esters is 1. The van der Waals surface area contributed by atoms with E-state index in [-0.39, 0.29) is 12.6 Å². The minimum Gasteiger partial charge on any atom is -0.465 e. The summed E-state index contributed by atoms with van der Waals surface area (Å²) in [5.41, 5.74) is 0. The summed E-state index contributed by atoms with van der Waals surface area (Å²) in [4.78, 5) is 14.8. The number of hydrogen-bond acceptors (Lipinski definition) is 5. The first-order valence-corrected chi connectivity index (χ1v) is 15.7. The Balaban J connectivity index is 2.20. The normalized spacial score (nSPS) is 17.6. The summed E-state index contributed by atoms with van der Waals surface area (Å²) in [7, 11) is 1.78. The van der Waals surface area contributed by atoms with Crippen LogP contribution in [0.15, 0.2) is 0 Å². The van der Waals surface area contributed by atoms with Crippen molar-refractivity contribution < 1.29 is 19.4 Å². The molecule has 0 saturated heterocycles. The lowest BCUT2D eigenvalue weighted by Crippen LogP contribution is -2.49. The zero-order valence-corrected chi connectivity index (χ0v) is 24.3. The van der Waals surface area contributed by atoms with E-state index in [2.05, 4.69) is 18.7 Å². The van der Waals surface area contributed by atoms with Crippen molar-refractivity contribution >= 4 is 5.97 Å². The number of unbranched alkanes of at least 4 members (excludes halogenated alkanes) is 12. The van der Waals surface area contributed by atoms with E-state index in [0.29, 0.717) is 31.1 Å². The predicted molar refractivity (Wildman–Crippen MR) is 151 cm³/mol. The van der Waals surface area contributed by atoms with Crippen LogP contribution in [0.3, 0.4) is 0 Å². The van der Waals surface area contributed by atoms with Crippen molar-refractivity contribution in [3.05, 3.63) is 0 Å². The van der Waals surface area contributed by atoms with Gasteiger partial charge in [0.15, 0.2) is 0 Å². The average Bonchev–Trinajstić information content (AvgIpc) is 2.85.